The van der Waals surface area contributed by atoms with Crippen LogP contribution >= 0.6 is 0 Å². The largest absolute Gasteiger partial charge is 0.347 e. The fourth-order valence-corrected chi connectivity index (χ4v) is 6.32. The summed E-state index contributed by atoms with van der Waals surface area (Å²) >= 11 is 0. The van der Waals surface area contributed by atoms with Crippen LogP contribution in [0.15, 0.2) is 12.3 Å². The SMILES string of the molecule is Cc1nn(C)c2ncc(NC(=O)CNC(=O)C34CC5CC(CC(C5)C3)C4)cc12. The highest BCUT2D eigenvalue weighted by Crippen LogP contribution is 2.60. The van der Waals surface area contributed by atoms with Gasteiger partial charge in [-0.15, -0.1) is 0 Å². The van der Waals surface area contributed by atoms with Gasteiger partial charge in [0.25, 0.3) is 0 Å². The number of amides is 2. The lowest BCUT2D eigenvalue weighted by atomic mass is 9.49. The number of hydrogen-bond acceptors (Lipinski definition) is 4. The molecule has 28 heavy (non-hydrogen) atoms. The zero-order valence-electron chi connectivity index (χ0n) is 16.5. The molecule has 148 valence electrons. The first kappa shape index (κ1) is 17.6. The Morgan fingerprint density at radius 1 is 1.18 bits per heavy atom. The third kappa shape index (κ3) is 2.88. The van der Waals surface area contributed by atoms with Crippen molar-refractivity contribution in [3.63, 3.8) is 0 Å². The summed E-state index contributed by atoms with van der Waals surface area (Å²) in [6, 6.07) is 1.88. The fourth-order valence-electron chi connectivity index (χ4n) is 6.32. The minimum absolute atomic E-state index is 0.00461. The quantitative estimate of drug-likeness (QED) is 0.852. The van der Waals surface area contributed by atoms with E-state index in [1.807, 2.05) is 20.0 Å². The van der Waals surface area contributed by atoms with E-state index in [9.17, 15) is 9.59 Å². The highest BCUT2D eigenvalue weighted by molar-refractivity contribution is 5.96. The minimum atomic E-state index is -0.222. The van der Waals surface area contributed by atoms with Gasteiger partial charge in [0, 0.05) is 17.8 Å². The molecule has 2 N–H and O–H groups in total. The van der Waals surface area contributed by atoms with Gasteiger partial charge in [0.2, 0.25) is 11.8 Å². The molecule has 0 saturated heterocycles. The van der Waals surface area contributed by atoms with Gasteiger partial charge in [-0.25, -0.2) is 4.98 Å². The van der Waals surface area contributed by atoms with E-state index in [-0.39, 0.29) is 23.8 Å². The van der Waals surface area contributed by atoms with Crippen LogP contribution in [0.2, 0.25) is 0 Å². The smallest absolute Gasteiger partial charge is 0.243 e. The van der Waals surface area contributed by atoms with Gasteiger partial charge in [0.05, 0.1) is 24.1 Å². The Bertz CT molecular complexity index is 928. The van der Waals surface area contributed by atoms with Gasteiger partial charge in [-0.1, -0.05) is 0 Å². The number of pyridine rings is 1. The van der Waals surface area contributed by atoms with Gasteiger partial charge in [0.15, 0.2) is 5.65 Å². The van der Waals surface area contributed by atoms with Crippen LogP contribution < -0.4 is 10.6 Å². The predicted molar refractivity (Wildman–Crippen MR) is 105 cm³/mol. The molecule has 0 spiro atoms. The molecule has 0 aromatic carbocycles. The van der Waals surface area contributed by atoms with E-state index in [4.69, 9.17) is 0 Å². The summed E-state index contributed by atoms with van der Waals surface area (Å²) in [6.07, 6.45) is 8.55. The summed E-state index contributed by atoms with van der Waals surface area (Å²) in [5.41, 5.74) is 2.06. The highest BCUT2D eigenvalue weighted by atomic mass is 16.2. The number of nitrogens with zero attached hydrogens (tertiary/aromatic N) is 3. The van der Waals surface area contributed by atoms with E-state index in [1.165, 1.54) is 19.3 Å². The van der Waals surface area contributed by atoms with Crippen molar-refractivity contribution in [3.8, 4) is 0 Å². The van der Waals surface area contributed by atoms with Crippen LogP contribution in [0.3, 0.4) is 0 Å². The standard InChI is InChI=1S/C21H27N5O2/c1-12-17-6-16(10-22-19(17)26(2)25-12)24-18(27)11-23-20(28)21-7-13-3-14(8-21)5-15(4-13)9-21/h6,10,13-15H,3-5,7-9,11H2,1-2H3,(H,23,28)(H,24,27). The lowest BCUT2D eigenvalue weighted by Crippen LogP contribution is -2.54. The van der Waals surface area contributed by atoms with E-state index in [0.29, 0.717) is 23.4 Å². The normalized spacial score (nSPS) is 30.6. The molecule has 4 bridgehead atoms. The van der Waals surface area contributed by atoms with Crippen molar-refractivity contribution in [2.75, 3.05) is 11.9 Å². The van der Waals surface area contributed by atoms with Crippen LogP contribution in [0.4, 0.5) is 5.69 Å². The van der Waals surface area contributed by atoms with E-state index >= 15 is 0 Å². The minimum Gasteiger partial charge on any atom is -0.347 e. The van der Waals surface area contributed by atoms with E-state index in [1.54, 1.807) is 10.9 Å². The monoisotopic (exact) mass is 381 g/mol. The molecule has 2 amide bonds. The number of carbonyl (C=O) groups is 2. The van der Waals surface area contributed by atoms with Gasteiger partial charge in [-0.3, -0.25) is 14.3 Å². The molecule has 2 aromatic heterocycles. The lowest BCUT2D eigenvalue weighted by Gasteiger charge is -2.55. The molecule has 0 atom stereocenters. The summed E-state index contributed by atoms with van der Waals surface area (Å²) < 4.78 is 1.72. The Labute approximate surface area is 164 Å². The molecule has 6 rings (SSSR count). The van der Waals surface area contributed by atoms with Crippen LogP contribution in [0.5, 0.6) is 0 Å². The molecule has 2 heterocycles. The average Bonchev–Trinajstić information content (AvgIpc) is 2.92. The summed E-state index contributed by atoms with van der Waals surface area (Å²) in [5.74, 6) is 2.00. The first-order chi connectivity index (χ1) is 13.4. The number of hydrogen-bond donors (Lipinski definition) is 2. The van der Waals surface area contributed by atoms with Crippen LogP contribution in [-0.2, 0) is 16.6 Å². The van der Waals surface area contributed by atoms with E-state index < -0.39 is 0 Å². The number of aromatic nitrogens is 3. The molecular formula is C21H27N5O2. The molecule has 4 aliphatic carbocycles. The Hall–Kier alpha value is -2.44. The first-order valence-electron chi connectivity index (χ1n) is 10.3. The third-order valence-electron chi connectivity index (χ3n) is 7.08. The maximum Gasteiger partial charge on any atom is 0.243 e. The maximum atomic E-state index is 13.0. The average molecular weight is 381 g/mol. The Morgan fingerprint density at radius 3 is 2.46 bits per heavy atom. The van der Waals surface area contributed by atoms with Crippen molar-refractivity contribution in [2.45, 2.75) is 45.4 Å². The maximum absolute atomic E-state index is 13.0. The fraction of sp³-hybridized carbons (Fsp3) is 0.619. The number of nitrogens with one attached hydrogen (secondary N) is 2. The summed E-state index contributed by atoms with van der Waals surface area (Å²) in [5, 5.41) is 11.0. The molecule has 7 nitrogen and oxygen atoms in total. The Balaban J connectivity index is 1.22. The molecule has 2 aromatic rings. The second-order valence-corrected chi connectivity index (χ2v) is 9.23. The molecule has 4 fully saturated rings. The van der Waals surface area contributed by atoms with Gasteiger partial charge in [-0.05, 0) is 69.3 Å². The molecule has 7 heteroatoms. The Kier molecular flexibility index (Phi) is 3.96. The van der Waals surface area contributed by atoms with Crippen molar-refractivity contribution in [3.05, 3.63) is 18.0 Å². The predicted octanol–water partition coefficient (Wildman–Crippen LogP) is 2.55. The van der Waals surface area contributed by atoms with Crippen molar-refractivity contribution in [1.82, 2.24) is 20.1 Å². The van der Waals surface area contributed by atoms with Crippen LogP contribution in [0.25, 0.3) is 11.0 Å². The molecule has 0 radical (unpaired) electrons. The number of anilines is 1. The van der Waals surface area contributed by atoms with Crippen LogP contribution in [-0.4, -0.2) is 33.1 Å². The van der Waals surface area contributed by atoms with Crippen LogP contribution in [0, 0.1) is 30.1 Å². The van der Waals surface area contributed by atoms with Gasteiger partial charge < -0.3 is 10.6 Å². The van der Waals surface area contributed by atoms with Crippen molar-refractivity contribution < 1.29 is 9.59 Å². The second-order valence-electron chi connectivity index (χ2n) is 9.23. The topological polar surface area (TPSA) is 88.9 Å². The molecule has 4 saturated carbocycles. The number of rotatable bonds is 4. The second kappa shape index (κ2) is 6.29. The van der Waals surface area contributed by atoms with Gasteiger partial charge >= 0.3 is 0 Å². The third-order valence-corrected chi connectivity index (χ3v) is 7.08. The molecule has 0 unspecified atom stereocenters. The number of carbonyl (C=O) groups excluding carboxylic acids is 2. The molecule has 4 aliphatic rings. The van der Waals surface area contributed by atoms with Crippen molar-refractivity contribution in [1.29, 1.82) is 0 Å². The van der Waals surface area contributed by atoms with E-state index in [2.05, 4.69) is 20.7 Å². The first-order valence-corrected chi connectivity index (χ1v) is 10.3. The van der Waals surface area contributed by atoms with E-state index in [0.717, 1.165) is 36.0 Å². The van der Waals surface area contributed by atoms with Gasteiger partial charge in [-0.2, -0.15) is 5.10 Å². The van der Waals surface area contributed by atoms with Crippen molar-refractivity contribution in [2.24, 2.45) is 30.2 Å². The number of aryl methyl sites for hydroxylation is 2. The van der Waals surface area contributed by atoms with Gasteiger partial charge in [0.1, 0.15) is 0 Å². The van der Waals surface area contributed by atoms with Crippen molar-refractivity contribution >= 4 is 28.5 Å². The Morgan fingerprint density at radius 2 is 1.82 bits per heavy atom. The zero-order valence-corrected chi connectivity index (χ0v) is 16.5. The highest BCUT2D eigenvalue weighted by Gasteiger charge is 2.54. The lowest BCUT2D eigenvalue weighted by molar-refractivity contribution is -0.146. The molecule has 0 aliphatic heterocycles. The summed E-state index contributed by atoms with van der Waals surface area (Å²) in [4.78, 5) is 29.7. The number of fused-ring (bicyclic) bond motifs is 1. The summed E-state index contributed by atoms with van der Waals surface area (Å²) in [6.45, 7) is 1.92. The zero-order chi connectivity index (χ0) is 19.5. The van der Waals surface area contributed by atoms with Crippen LogP contribution in [0.1, 0.15) is 44.2 Å². The summed E-state index contributed by atoms with van der Waals surface area (Å²) in [7, 11) is 1.85. The molecular weight excluding hydrogens is 354 g/mol.